The van der Waals surface area contributed by atoms with Crippen LogP contribution in [0.5, 0.6) is 0 Å². The Kier molecular flexibility index (Phi) is 6.51. The lowest BCUT2D eigenvalue weighted by Gasteiger charge is -2.30. The van der Waals surface area contributed by atoms with Gasteiger partial charge in [-0.05, 0) is 37.5 Å². The lowest BCUT2D eigenvalue weighted by atomic mass is 9.82. The Morgan fingerprint density at radius 1 is 1.23 bits per heavy atom. The maximum atomic E-state index is 13.3. The maximum absolute atomic E-state index is 13.3. The topological polar surface area (TPSA) is 82.1 Å². The lowest BCUT2D eigenvalue weighted by Crippen LogP contribution is -2.49. The second kappa shape index (κ2) is 9.00. The van der Waals surface area contributed by atoms with Gasteiger partial charge in [0.2, 0.25) is 5.91 Å². The second-order valence-corrected chi connectivity index (χ2v) is 9.90. The van der Waals surface area contributed by atoms with Gasteiger partial charge in [0.25, 0.3) is 5.91 Å². The average molecular weight is 483 g/mol. The van der Waals surface area contributed by atoms with Crippen molar-refractivity contribution in [2.24, 2.45) is 4.99 Å². The van der Waals surface area contributed by atoms with Crippen molar-refractivity contribution in [1.82, 2.24) is 15.1 Å². The van der Waals surface area contributed by atoms with E-state index in [1.54, 1.807) is 23.1 Å². The van der Waals surface area contributed by atoms with Gasteiger partial charge in [-0.3, -0.25) is 19.4 Å². The van der Waals surface area contributed by atoms with E-state index in [2.05, 4.69) is 10.3 Å². The summed E-state index contributed by atoms with van der Waals surface area (Å²) in [7, 11) is 0. The summed E-state index contributed by atoms with van der Waals surface area (Å²) in [6.07, 6.45) is 4.85. The van der Waals surface area contributed by atoms with E-state index in [0.29, 0.717) is 39.5 Å². The number of hydrogen-bond acceptors (Lipinski definition) is 5. The number of hydrogen-bond donors (Lipinski definition) is 1. The standard InChI is InChI=1S/C21H24Cl2N4O3S/c1-2-14-12-31-20(24-13-6-7-15(22)16(23)10-13)27(14)17(28)11-26-18(29)21(25-19(26)30)8-4-3-5-9-21/h6-7,10,14H,2-5,8-9,11-12H2,1H3,(H,25,30). The van der Waals surface area contributed by atoms with Gasteiger partial charge in [-0.25, -0.2) is 9.79 Å². The number of thioether (sulfide) groups is 1. The summed E-state index contributed by atoms with van der Waals surface area (Å²) in [5.41, 5.74) is -0.251. The number of imide groups is 1. The van der Waals surface area contributed by atoms with Gasteiger partial charge in [-0.2, -0.15) is 0 Å². The Balaban J connectivity index is 1.55. The van der Waals surface area contributed by atoms with Gasteiger partial charge < -0.3 is 5.32 Å². The van der Waals surface area contributed by atoms with Gasteiger partial charge in [-0.15, -0.1) is 0 Å². The Labute approximate surface area is 195 Å². The molecule has 166 valence electrons. The minimum absolute atomic E-state index is 0.0524. The molecule has 7 nitrogen and oxygen atoms in total. The summed E-state index contributed by atoms with van der Waals surface area (Å²) in [5, 5.41) is 4.21. The molecule has 1 aliphatic carbocycles. The number of amidine groups is 1. The van der Waals surface area contributed by atoms with E-state index in [0.717, 1.165) is 30.6 Å². The highest BCUT2D eigenvalue weighted by atomic mass is 35.5. The van der Waals surface area contributed by atoms with Gasteiger partial charge in [0.05, 0.1) is 15.7 Å². The van der Waals surface area contributed by atoms with Gasteiger partial charge in [-0.1, -0.05) is 61.1 Å². The molecule has 1 atom stereocenters. The van der Waals surface area contributed by atoms with Crippen molar-refractivity contribution in [1.29, 1.82) is 0 Å². The zero-order chi connectivity index (χ0) is 22.2. The summed E-state index contributed by atoms with van der Waals surface area (Å²) in [5.74, 6) is 0.104. The largest absolute Gasteiger partial charge is 0.325 e. The molecule has 1 aromatic carbocycles. The number of urea groups is 1. The fourth-order valence-electron chi connectivity index (χ4n) is 4.36. The molecule has 4 rings (SSSR count). The molecule has 2 saturated heterocycles. The maximum Gasteiger partial charge on any atom is 0.325 e. The smallest absolute Gasteiger partial charge is 0.323 e. The van der Waals surface area contributed by atoms with E-state index >= 15 is 0 Å². The van der Waals surface area contributed by atoms with Crippen molar-refractivity contribution in [2.45, 2.75) is 57.0 Å². The third-order valence-electron chi connectivity index (χ3n) is 6.09. The van der Waals surface area contributed by atoms with E-state index < -0.39 is 11.6 Å². The van der Waals surface area contributed by atoms with E-state index in [9.17, 15) is 14.4 Å². The highest BCUT2D eigenvalue weighted by molar-refractivity contribution is 8.14. The summed E-state index contributed by atoms with van der Waals surface area (Å²) < 4.78 is 0. The summed E-state index contributed by atoms with van der Waals surface area (Å²) in [6, 6.07) is 4.49. The van der Waals surface area contributed by atoms with Gasteiger partial charge in [0.15, 0.2) is 5.17 Å². The minimum atomic E-state index is -0.837. The number of carbonyl (C=O) groups is 3. The lowest BCUT2D eigenvalue weighted by molar-refractivity contribution is -0.138. The van der Waals surface area contributed by atoms with Crippen LogP contribution < -0.4 is 5.32 Å². The van der Waals surface area contributed by atoms with Crippen LogP contribution in [0.15, 0.2) is 23.2 Å². The zero-order valence-corrected chi connectivity index (χ0v) is 19.5. The summed E-state index contributed by atoms with van der Waals surface area (Å²) in [4.78, 5) is 46.1. The van der Waals surface area contributed by atoms with E-state index in [1.807, 2.05) is 6.92 Å². The number of benzene rings is 1. The van der Waals surface area contributed by atoms with Crippen LogP contribution in [0.2, 0.25) is 10.0 Å². The molecular formula is C21H24Cl2N4O3S. The Bertz CT molecular complexity index is 949. The fraction of sp³-hybridized carbons (Fsp3) is 0.524. The van der Waals surface area contributed by atoms with Crippen LogP contribution in [0.1, 0.15) is 45.4 Å². The van der Waals surface area contributed by atoms with Crippen LogP contribution in [0, 0.1) is 0 Å². The first-order valence-corrected chi connectivity index (χ1v) is 12.2. The third kappa shape index (κ3) is 4.30. The Hall–Kier alpha value is -1.77. The number of carbonyl (C=O) groups excluding carboxylic acids is 3. The summed E-state index contributed by atoms with van der Waals surface area (Å²) in [6.45, 7) is 1.71. The number of aliphatic imine (C=N–C) groups is 1. The molecular weight excluding hydrogens is 459 g/mol. The second-order valence-electron chi connectivity index (χ2n) is 8.09. The van der Waals surface area contributed by atoms with Crippen molar-refractivity contribution in [3.05, 3.63) is 28.2 Å². The molecule has 4 amide bonds. The average Bonchev–Trinajstić information content (AvgIpc) is 3.25. The molecule has 1 spiro atoms. The van der Waals surface area contributed by atoms with Gasteiger partial charge in [0.1, 0.15) is 12.1 Å². The molecule has 3 fully saturated rings. The van der Waals surface area contributed by atoms with Crippen LogP contribution >= 0.6 is 35.0 Å². The van der Waals surface area contributed by atoms with Crippen LogP contribution in [-0.4, -0.2) is 56.7 Å². The van der Waals surface area contributed by atoms with E-state index in [4.69, 9.17) is 23.2 Å². The minimum Gasteiger partial charge on any atom is -0.323 e. The van der Waals surface area contributed by atoms with Crippen molar-refractivity contribution in [3.8, 4) is 0 Å². The molecule has 3 aliphatic rings. The fourth-order valence-corrected chi connectivity index (χ4v) is 5.94. The van der Waals surface area contributed by atoms with E-state index in [-0.39, 0.29) is 24.4 Å². The van der Waals surface area contributed by atoms with Crippen molar-refractivity contribution >= 4 is 63.7 Å². The van der Waals surface area contributed by atoms with E-state index in [1.165, 1.54) is 11.8 Å². The number of nitrogens with zero attached hydrogens (tertiary/aromatic N) is 3. The predicted octanol–water partition coefficient (Wildman–Crippen LogP) is 4.59. The van der Waals surface area contributed by atoms with Crippen LogP contribution in [0.4, 0.5) is 10.5 Å². The Morgan fingerprint density at radius 2 is 1.97 bits per heavy atom. The molecule has 1 aromatic rings. The zero-order valence-electron chi connectivity index (χ0n) is 17.2. The quantitative estimate of drug-likeness (QED) is 0.636. The monoisotopic (exact) mass is 482 g/mol. The molecule has 0 aromatic heterocycles. The van der Waals surface area contributed by atoms with Gasteiger partial charge >= 0.3 is 6.03 Å². The van der Waals surface area contributed by atoms with Crippen LogP contribution in [-0.2, 0) is 9.59 Å². The first-order chi connectivity index (χ1) is 14.8. The number of halogens is 2. The molecule has 10 heteroatoms. The first kappa shape index (κ1) is 22.4. The number of amides is 4. The van der Waals surface area contributed by atoms with Crippen molar-refractivity contribution in [3.63, 3.8) is 0 Å². The normalized spacial score (nSPS) is 24.4. The molecule has 31 heavy (non-hydrogen) atoms. The van der Waals surface area contributed by atoms with Crippen LogP contribution in [0.25, 0.3) is 0 Å². The molecule has 1 saturated carbocycles. The van der Waals surface area contributed by atoms with Crippen molar-refractivity contribution in [2.75, 3.05) is 12.3 Å². The Morgan fingerprint density at radius 3 is 2.65 bits per heavy atom. The summed E-state index contributed by atoms with van der Waals surface area (Å²) >= 11 is 13.5. The molecule has 1 N–H and O–H groups in total. The predicted molar refractivity (Wildman–Crippen MR) is 123 cm³/mol. The molecule has 2 aliphatic heterocycles. The van der Waals surface area contributed by atoms with Crippen molar-refractivity contribution < 1.29 is 14.4 Å². The molecule has 1 unspecified atom stereocenters. The van der Waals surface area contributed by atoms with Gasteiger partial charge in [0, 0.05) is 11.8 Å². The molecule has 2 heterocycles. The molecule has 0 radical (unpaired) electrons. The number of rotatable bonds is 4. The highest BCUT2D eigenvalue weighted by Crippen LogP contribution is 2.35. The number of nitrogens with one attached hydrogen (secondary N) is 1. The third-order valence-corrected chi connectivity index (χ3v) is 7.93. The first-order valence-electron chi connectivity index (χ1n) is 10.5. The molecule has 0 bridgehead atoms. The van der Waals surface area contributed by atoms with Crippen LogP contribution in [0.3, 0.4) is 0 Å². The highest BCUT2D eigenvalue weighted by Gasteiger charge is 2.52. The SMILES string of the molecule is CCC1CSC(=Nc2ccc(Cl)c(Cl)c2)N1C(=O)CN1C(=O)NC2(CCCCC2)C1=O.